The first-order valence-electron chi connectivity index (χ1n) is 5.85. The highest BCUT2D eigenvalue weighted by Crippen LogP contribution is 2.26. The van der Waals surface area contributed by atoms with Crippen molar-refractivity contribution in [3.05, 3.63) is 52.8 Å². The number of amides is 2. The van der Waals surface area contributed by atoms with Crippen molar-refractivity contribution in [2.75, 3.05) is 16.4 Å². The van der Waals surface area contributed by atoms with Crippen LogP contribution in [-0.4, -0.2) is 6.03 Å². The van der Waals surface area contributed by atoms with E-state index in [1.807, 2.05) is 0 Å². The Balaban J connectivity index is 2.08. The number of nitrogens with two attached hydrogens (primary N) is 1. The van der Waals surface area contributed by atoms with Crippen LogP contribution in [0.1, 0.15) is 5.56 Å². The molecule has 20 heavy (non-hydrogen) atoms. The highest BCUT2D eigenvalue weighted by Gasteiger charge is 2.07. The van der Waals surface area contributed by atoms with E-state index in [9.17, 15) is 9.18 Å². The minimum absolute atomic E-state index is 0.364. The zero-order valence-electron chi connectivity index (χ0n) is 10.7. The van der Waals surface area contributed by atoms with Gasteiger partial charge in [-0.25, -0.2) is 9.18 Å². The molecule has 0 aliphatic heterocycles. The van der Waals surface area contributed by atoms with Gasteiger partial charge < -0.3 is 16.4 Å². The van der Waals surface area contributed by atoms with Crippen LogP contribution >= 0.6 is 11.6 Å². The quantitative estimate of drug-likeness (QED) is 0.732. The molecule has 0 saturated carbocycles. The third-order valence-electron chi connectivity index (χ3n) is 2.69. The highest BCUT2D eigenvalue weighted by atomic mass is 35.5. The van der Waals surface area contributed by atoms with E-state index in [0.29, 0.717) is 22.1 Å². The largest absolute Gasteiger partial charge is 0.398 e. The van der Waals surface area contributed by atoms with Gasteiger partial charge in [-0.2, -0.15) is 0 Å². The van der Waals surface area contributed by atoms with E-state index in [4.69, 9.17) is 17.3 Å². The molecule has 4 nitrogen and oxygen atoms in total. The molecule has 0 atom stereocenters. The van der Waals surface area contributed by atoms with Gasteiger partial charge in [0.15, 0.2) is 0 Å². The maximum atomic E-state index is 12.8. The molecule has 0 aromatic heterocycles. The van der Waals surface area contributed by atoms with Crippen LogP contribution in [0.4, 0.5) is 26.2 Å². The van der Waals surface area contributed by atoms with Gasteiger partial charge in [0.1, 0.15) is 5.82 Å². The highest BCUT2D eigenvalue weighted by molar-refractivity contribution is 6.33. The van der Waals surface area contributed by atoms with E-state index in [1.54, 1.807) is 19.1 Å². The fourth-order valence-electron chi connectivity index (χ4n) is 1.66. The molecule has 0 aliphatic rings. The minimum Gasteiger partial charge on any atom is -0.398 e. The van der Waals surface area contributed by atoms with Crippen molar-refractivity contribution in [1.29, 1.82) is 0 Å². The molecule has 0 heterocycles. The lowest BCUT2D eigenvalue weighted by molar-refractivity contribution is 0.262. The number of rotatable bonds is 2. The van der Waals surface area contributed by atoms with Gasteiger partial charge in [0.2, 0.25) is 0 Å². The summed E-state index contributed by atoms with van der Waals surface area (Å²) in [7, 11) is 0. The van der Waals surface area contributed by atoms with Crippen LogP contribution < -0.4 is 16.4 Å². The number of urea groups is 1. The topological polar surface area (TPSA) is 67.1 Å². The molecule has 0 radical (unpaired) electrons. The van der Waals surface area contributed by atoms with Crippen LogP contribution in [0.15, 0.2) is 36.4 Å². The molecule has 2 aromatic rings. The van der Waals surface area contributed by atoms with E-state index in [0.717, 1.165) is 5.56 Å². The average molecular weight is 294 g/mol. The molecule has 0 spiro atoms. The summed E-state index contributed by atoms with van der Waals surface area (Å²) in [5.41, 5.74) is 7.96. The normalized spacial score (nSPS) is 10.2. The van der Waals surface area contributed by atoms with E-state index >= 15 is 0 Å². The average Bonchev–Trinajstić information content (AvgIpc) is 2.39. The molecule has 0 aliphatic carbocycles. The lowest BCUT2D eigenvalue weighted by Gasteiger charge is -2.11. The Morgan fingerprint density at radius 1 is 1.20 bits per heavy atom. The Hall–Kier alpha value is -2.27. The number of hydrogen-bond donors (Lipinski definition) is 3. The second kappa shape index (κ2) is 5.79. The number of nitrogen functional groups attached to an aromatic ring is 1. The Kier molecular flexibility index (Phi) is 4.10. The van der Waals surface area contributed by atoms with Crippen LogP contribution in [0.3, 0.4) is 0 Å². The van der Waals surface area contributed by atoms with Crippen molar-refractivity contribution in [3.63, 3.8) is 0 Å². The molecule has 2 amide bonds. The fraction of sp³-hybridized carbons (Fsp3) is 0.0714. The van der Waals surface area contributed by atoms with Crippen molar-refractivity contribution >= 4 is 34.7 Å². The van der Waals surface area contributed by atoms with Gasteiger partial charge in [-0.3, -0.25) is 0 Å². The monoisotopic (exact) mass is 293 g/mol. The zero-order valence-corrected chi connectivity index (χ0v) is 11.5. The van der Waals surface area contributed by atoms with Crippen molar-refractivity contribution < 1.29 is 9.18 Å². The van der Waals surface area contributed by atoms with Crippen LogP contribution in [0.5, 0.6) is 0 Å². The Morgan fingerprint density at radius 3 is 2.50 bits per heavy atom. The maximum absolute atomic E-state index is 12.8. The Labute approximate surface area is 120 Å². The second-order valence-electron chi connectivity index (χ2n) is 4.27. The van der Waals surface area contributed by atoms with Crippen LogP contribution in [-0.2, 0) is 0 Å². The molecule has 0 bridgehead atoms. The van der Waals surface area contributed by atoms with E-state index < -0.39 is 6.03 Å². The van der Waals surface area contributed by atoms with Gasteiger partial charge in [0, 0.05) is 11.4 Å². The third kappa shape index (κ3) is 3.39. The summed E-state index contributed by atoms with van der Waals surface area (Å²) in [6.45, 7) is 1.81. The predicted octanol–water partition coefficient (Wildman–Crippen LogP) is 4.01. The zero-order chi connectivity index (χ0) is 14.7. The SMILES string of the molecule is Cc1cc(N)c(Cl)cc1NC(=O)Nc1ccc(F)cc1. The van der Waals surface area contributed by atoms with Gasteiger partial charge in [0.05, 0.1) is 10.7 Å². The fourth-order valence-corrected chi connectivity index (χ4v) is 1.82. The molecule has 0 saturated heterocycles. The lowest BCUT2D eigenvalue weighted by Crippen LogP contribution is -2.20. The molecule has 2 rings (SSSR count). The number of anilines is 3. The molecule has 4 N–H and O–H groups in total. The molecular weight excluding hydrogens is 281 g/mol. The van der Waals surface area contributed by atoms with Crippen molar-refractivity contribution in [2.24, 2.45) is 0 Å². The number of hydrogen-bond acceptors (Lipinski definition) is 2. The first kappa shape index (κ1) is 14.1. The van der Waals surface area contributed by atoms with Crippen LogP contribution in [0.25, 0.3) is 0 Å². The van der Waals surface area contributed by atoms with Crippen molar-refractivity contribution in [3.8, 4) is 0 Å². The summed E-state index contributed by atoms with van der Waals surface area (Å²) >= 11 is 5.91. The number of carbonyl (C=O) groups excluding carboxylic acids is 1. The van der Waals surface area contributed by atoms with E-state index in [1.165, 1.54) is 24.3 Å². The molecular formula is C14H13ClFN3O. The Bertz CT molecular complexity index is 644. The summed E-state index contributed by atoms with van der Waals surface area (Å²) in [6.07, 6.45) is 0. The van der Waals surface area contributed by atoms with Gasteiger partial charge in [0.25, 0.3) is 0 Å². The summed E-state index contributed by atoms with van der Waals surface area (Å²) in [6, 6.07) is 8.28. The van der Waals surface area contributed by atoms with Gasteiger partial charge in [-0.15, -0.1) is 0 Å². The lowest BCUT2D eigenvalue weighted by atomic mass is 10.2. The number of aryl methyl sites for hydroxylation is 1. The van der Waals surface area contributed by atoms with Crippen molar-refractivity contribution in [2.45, 2.75) is 6.92 Å². The molecule has 0 unspecified atom stereocenters. The van der Waals surface area contributed by atoms with Crippen molar-refractivity contribution in [1.82, 2.24) is 0 Å². The van der Waals surface area contributed by atoms with Gasteiger partial charge in [-0.1, -0.05) is 11.6 Å². The van der Waals surface area contributed by atoms with Crippen LogP contribution in [0.2, 0.25) is 5.02 Å². The summed E-state index contributed by atoms with van der Waals surface area (Å²) < 4.78 is 12.8. The maximum Gasteiger partial charge on any atom is 0.323 e. The third-order valence-corrected chi connectivity index (χ3v) is 3.02. The number of carbonyl (C=O) groups is 1. The molecule has 104 valence electrons. The number of benzene rings is 2. The van der Waals surface area contributed by atoms with Crippen LogP contribution in [0, 0.1) is 12.7 Å². The summed E-state index contributed by atoms with van der Waals surface area (Å²) in [5, 5.41) is 5.61. The van der Waals surface area contributed by atoms with Gasteiger partial charge >= 0.3 is 6.03 Å². The summed E-state index contributed by atoms with van der Waals surface area (Å²) in [5.74, 6) is -0.364. The Morgan fingerprint density at radius 2 is 1.85 bits per heavy atom. The molecule has 6 heteroatoms. The number of nitrogens with one attached hydrogen (secondary N) is 2. The van der Waals surface area contributed by atoms with Gasteiger partial charge in [-0.05, 0) is 48.9 Å². The first-order chi connectivity index (χ1) is 9.45. The first-order valence-corrected chi connectivity index (χ1v) is 6.22. The van der Waals surface area contributed by atoms with E-state index in [2.05, 4.69) is 10.6 Å². The van der Waals surface area contributed by atoms with E-state index in [-0.39, 0.29) is 5.82 Å². The second-order valence-corrected chi connectivity index (χ2v) is 4.68. The molecule has 0 fully saturated rings. The molecule has 2 aromatic carbocycles. The summed E-state index contributed by atoms with van der Waals surface area (Å²) in [4.78, 5) is 11.8. The predicted molar refractivity (Wildman–Crippen MR) is 79.6 cm³/mol. The minimum atomic E-state index is -0.444. The standard InChI is InChI=1S/C14H13ClFN3O/c1-8-6-12(17)11(15)7-13(8)19-14(20)18-10-4-2-9(16)3-5-10/h2-7H,17H2,1H3,(H2,18,19,20). The smallest absolute Gasteiger partial charge is 0.323 e. The number of halogens is 2.